The molecule has 5 nitrogen and oxygen atoms in total. The molecule has 0 atom stereocenters. The number of thiophene rings is 1. The van der Waals surface area contributed by atoms with Crippen LogP contribution in [-0.4, -0.2) is 19.9 Å². The summed E-state index contributed by atoms with van der Waals surface area (Å²) in [6, 6.07) is 8.26. The van der Waals surface area contributed by atoms with Crippen LogP contribution in [0.5, 0.6) is 0 Å². The molecule has 1 heterocycles. The number of anilines is 1. The molecule has 1 aromatic carbocycles. The fourth-order valence-corrected chi connectivity index (χ4v) is 4.29. The SMILES string of the molecule is CC(C)(C)NS(=O)(=O)c1cccc(NC(=O)CCc2ccsc2)c1. The Balaban J connectivity index is 2.03. The molecule has 0 radical (unpaired) electrons. The highest BCUT2D eigenvalue weighted by atomic mass is 32.2. The number of nitrogens with one attached hydrogen (secondary N) is 2. The molecule has 24 heavy (non-hydrogen) atoms. The molecule has 130 valence electrons. The second kappa shape index (κ2) is 7.46. The third kappa shape index (κ3) is 5.74. The number of benzene rings is 1. The van der Waals surface area contributed by atoms with Gasteiger partial charge in [0.25, 0.3) is 0 Å². The summed E-state index contributed by atoms with van der Waals surface area (Å²) in [4.78, 5) is 12.2. The second-order valence-corrected chi connectivity index (χ2v) is 9.03. The molecule has 1 amide bonds. The van der Waals surface area contributed by atoms with Gasteiger partial charge in [0, 0.05) is 17.6 Å². The lowest BCUT2D eigenvalue weighted by molar-refractivity contribution is -0.116. The minimum atomic E-state index is -3.62. The van der Waals surface area contributed by atoms with Crippen LogP contribution in [0.2, 0.25) is 0 Å². The molecular weight excluding hydrogens is 344 g/mol. The van der Waals surface area contributed by atoms with E-state index in [2.05, 4.69) is 10.0 Å². The maximum absolute atomic E-state index is 12.3. The lowest BCUT2D eigenvalue weighted by Gasteiger charge is -2.20. The van der Waals surface area contributed by atoms with Gasteiger partial charge >= 0.3 is 0 Å². The summed E-state index contributed by atoms with van der Waals surface area (Å²) < 4.78 is 27.3. The van der Waals surface area contributed by atoms with Crippen molar-refractivity contribution in [2.24, 2.45) is 0 Å². The van der Waals surface area contributed by atoms with Crippen molar-refractivity contribution in [3.63, 3.8) is 0 Å². The summed E-state index contributed by atoms with van der Waals surface area (Å²) in [6.45, 7) is 5.34. The molecule has 0 aliphatic heterocycles. The summed E-state index contributed by atoms with van der Waals surface area (Å²) in [5.41, 5.74) is 1.03. The first-order valence-electron chi connectivity index (χ1n) is 7.61. The van der Waals surface area contributed by atoms with Gasteiger partial charge in [-0.15, -0.1) is 0 Å². The minimum Gasteiger partial charge on any atom is -0.326 e. The summed E-state index contributed by atoms with van der Waals surface area (Å²) in [7, 11) is -3.62. The van der Waals surface area contributed by atoms with Crippen LogP contribution in [0.4, 0.5) is 5.69 Å². The first kappa shape index (κ1) is 18.6. The quantitative estimate of drug-likeness (QED) is 0.823. The van der Waals surface area contributed by atoms with Crippen molar-refractivity contribution < 1.29 is 13.2 Å². The number of carbonyl (C=O) groups excluding carboxylic acids is 1. The second-order valence-electron chi connectivity index (χ2n) is 6.56. The molecule has 0 aliphatic carbocycles. The van der Waals surface area contributed by atoms with Crippen LogP contribution in [0.15, 0.2) is 46.0 Å². The number of rotatable bonds is 6. The van der Waals surface area contributed by atoms with Gasteiger partial charge in [-0.2, -0.15) is 11.3 Å². The smallest absolute Gasteiger partial charge is 0.241 e. The monoisotopic (exact) mass is 366 g/mol. The van der Waals surface area contributed by atoms with Crippen LogP contribution in [0, 0.1) is 0 Å². The number of aryl methyl sites for hydroxylation is 1. The van der Waals surface area contributed by atoms with Crippen molar-refractivity contribution in [3.05, 3.63) is 46.7 Å². The Morgan fingerprint density at radius 2 is 1.96 bits per heavy atom. The summed E-state index contributed by atoms with van der Waals surface area (Å²) in [5.74, 6) is -0.139. The molecular formula is C17H22N2O3S2. The highest BCUT2D eigenvalue weighted by molar-refractivity contribution is 7.89. The van der Waals surface area contributed by atoms with Crippen molar-refractivity contribution in [1.82, 2.24) is 4.72 Å². The van der Waals surface area contributed by atoms with Gasteiger partial charge in [0.15, 0.2) is 0 Å². The molecule has 0 unspecified atom stereocenters. The maximum atomic E-state index is 12.3. The van der Waals surface area contributed by atoms with Gasteiger partial charge in [-0.25, -0.2) is 13.1 Å². The summed E-state index contributed by atoms with van der Waals surface area (Å²) in [5, 5.41) is 6.74. The Kier molecular flexibility index (Phi) is 5.79. The van der Waals surface area contributed by atoms with Crippen molar-refractivity contribution in [1.29, 1.82) is 0 Å². The maximum Gasteiger partial charge on any atom is 0.241 e. The number of sulfonamides is 1. The average Bonchev–Trinajstić information content (AvgIpc) is 2.96. The van der Waals surface area contributed by atoms with E-state index in [1.54, 1.807) is 44.2 Å². The normalized spacial score (nSPS) is 12.1. The molecule has 0 saturated heterocycles. The first-order chi connectivity index (χ1) is 11.2. The predicted octanol–water partition coefficient (Wildman–Crippen LogP) is 3.40. The molecule has 2 rings (SSSR count). The standard InChI is InChI=1S/C17H22N2O3S2/c1-17(2,3)19-24(21,22)15-6-4-5-14(11-15)18-16(20)8-7-13-9-10-23-12-13/h4-6,9-12,19H,7-8H2,1-3H3,(H,18,20). The van der Waals surface area contributed by atoms with Crippen LogP contribution < -0.4 is 10.0 Å². The van der Waals surface area contributed by atoms with Crippen LogP contribution in [-0.2, 0) is 21.2 Å². The van der Waals surface area contributed by atoms with Crippen molar-refractivity contribution >= 4 is 33.0 Å². The molecule has 2 N–H and O–H groups in total. The highest BCUT2D eigenvalue weighted by Gasteiger charge is 2.22. The molecule has 2 aromatic rings. The topological polar surface area (TPSA) is 75.3 Å². The van der Waals surface area contributed by atoms with E-state index in [0.717, 1.165) is 5.56 Å². The Bertz CT molecular complexity index is 791. The Labute approximate surface area is 147 Å². The Hall–Kier alpha value is -1.70. The van der Waals surface area contributed by atoms with Gasteiger partial charge < -0.3 is 5.32 Å². The van der Waals surface area contributed by atoms with E-state index in [9.17, 15) is 13.2 Å². The number of carbonyl (C=O) groups is 1. The average molecular weight is 367 g/mol. The van der Waals surface area contributed by atoms with Crippen LogP contribution in [0.1, 0.15) is 32.8 Å². The van der Waals surface area contributed by atoms with Gasteiger partial charge in [0.05, 0.1) is 4.90 Å². The van der Waals surface area contributed by atoms with E-state index in [4.69, 9.17) is 0 Å². The van der Waals surface area contributed by atoms with E-state index in [1.165, 1.54) is 12.1 Å². The largest absolute Gasteiger partial charge is 0.326 e. The number of hydrogen-bond acceptors (Lipinski definition) is 4. The fraction of sp³-hybridized carbons (Fsp3) is 0.353. The van der Waals surface area contributed by atoms with Crippen LogP contribution >= 0.6 is 11.3 Å². The van der Waals surface area contributed by atoms with Crippen LogP contribution in [0.3, 0.4) is 0 Å². The number of hydrogen-bond donors (Lipinski definition) is 2. The van der Waals surface area contributed by atoms with E-state index < -0.39 is 15.6 Å². The minimum absolute atomic E-state index is 0.132. The Morgan fingerprint density at radius 1 is 1.21 bits per heavy atom. The van der Waals surface area contributed by atoms with Gasteiger partial charge in [-0.3, -0.25) is 4.79 Å². The third-order valence-corrected chi connectivity index (χ3v) is 5.58. The van der Waals surface area contributed by atoms with Gasteiger partial charge in [0.2, 0.25) is 15.9 Å². The van der Waals surface area contributed by atoms with Gasteiger partial charge in [0.1, 0.15) is 0 Å². The van der Waals surface area contributed by atoms with E-state index in [0.29, 0.717) is 18.5 Å². The highest BCUT2D eigenvalue weighted by Crippen LogP contribution is 2.18. The van der Waals surface area contributed by atoms with E-state index in [1.807, 2.05) is 16.8 Å². The molecule has 0 fully saturated rings. The Morgan fingerprint density at radius 3 is 2.58 bits per heavy atom. The molecule has 0 spiro atoms. The fourth-order valence-electron chi connectivity index (χ4n) is 2.12. The zero-order valence-corrected chi connectivity index (χ0v) is 15.6. The zero-order chi connectivity index (χ0) is 17.8. The molecule has 7 heteroatoms. The molecule has 0 saturated carbocycles. The zero-order valence-electron chi connectivity index (χ0n) is 14.0. The predicted molar refractivity (Wildman–Crippen MR) is 97.8 cm³/mol. The lowest BCUT2D eigenvalue weighted by Crippen LogP contribution is -2.40. The van der Waals surface area contributed by atoms with E-state index in [-0.39, 0.29) is 10.8 Å². The summed E-state index contributed by atoms with van der Waals surface area (Å²) in [6.07, 6.45) is 1.02. The molecule has 1 aromatic heterocycles. The first-order valence-corrected chi connectivity index (χ1v) is 10.0. The third-order valence-electron chi connectivity index (χ3n) is 3.09. The van der Waals surface area contributed by atoms with Crippen molar-refractivity contribution in [2.45, 2.75) is 44.0 Å². The van der Waals surface area contributed by atoms with Crippen LogP contribution in [0.25, 0.3) is 0 Å². The van der Waals surface area contributed by atoms with Crippen molar-refractivity contribution in [2.75, 3.05) is 5.32 Å². The molecule has 0 bridgehead atoms. The molecule has 0 aliphatic rings. The van der Waals surface area contributed by atoms with Gasteiger partial charge in [-0.05, 0) is 67.8 Å². The number of amides is 1. The van der Waals surface area contributed by atoms with Gasteiger partial charge in [-0.1, -0.05) is 6.07 Å². The van der Waals surface area contributed by atoms with E-state index >= 15 is 0 Å². The van der Waals surface area contributed by atoms with Crippen molar-refractivity contribution in [3.8, 4) is 0 Å². The lowest BCUT2D eigenvalue weighted by atomic mass is 10.1. The summed E-state index contributed by atoms with van der Waals surface area (Å²) >= 11 is 1.60.